The van der Waals surface area contributed by atoms with Crippen molar-refractivity contribution in [2.75, 3.05) is 19.0 Å². The van der Waals surface area contributed by atoms with Gasteiger partial charge < -0.3 is 20.1 Å². The highest BCUT2D eigenvalue weighted by atomic mass is 32.2. The third-order valence-corrected chi connectivity index (χ3v) is 8.21. The lowest BCUT2D eigenvalue weighted by molar-refractivity contribution is 0.244. The third-order valence-electron chi connectivity index (χ3n) is 6.48. The van der Waals surface area contributed by atoms with Crippen molar-refractivity contribution in [2.24, 2.45) is 0 Å². The van der Waals surface area contributed by atoms with Gasteiger partial charge in [0.25, 0.3) is 10.0 Å². The fraction of sp³-hybridized carbons (Fsp3) is 0.481. The summed E-state index contributed by atoms with van der Waals surface area (Å²) in [5, 5.41) is 5.47. The van der Waals surface area contributed by atoms with Crippen molar-refractivity contribution in [1.82, 2.24) is 13.9 Å². The normalized spacial score (nSPS) is 14.9. The number of rotatable bonds is 7. The summed E-state index contributed by atoms with van der Waals surface area (Å²) < 4.78 is 41.5. The van der Waals surface area contributed by atoms with E-state index in [-0.39, 0.29) is 22.2 Å². The second kappa shape index (κ2) is 10.7. The number of ether oxygens (including phenoxy) is 2. The zero-order valence-corrected chi connectivity index (χ0v) is 23.4. The van der Waals surface area contributed by atoms with Crippen LogP contribution in [0.4, 0.5) is 10.5 Å². The topological polar surface area (TPSA) is 121 Å². The number of amides is 2. The van der Waals surface area contributed by atoms with Crippen LogP contribution in [0, 0.1) is 0 Å². The van der Waals surface area contributed by atoms with Gasteiger partial charge in [-0.15, -0.1) is 0 Å². The lowest BCUT2D eigenvalue weighted by atomic mass is 9.95. The lowest BCUT2D eigenvalue weighted by Gasteiger charge is -2.23. The molecular weight excluding hydrogens is 508 g/mol. The highest BCUT2D eigenvalue weighted by Gasteiger charge is 2.31. The first-order valence-electron chi connectivity index (χ1n) is 12.9. The van der Waals surface area contributed by atoms with Crippen molar-refractivity contribution in [3.63, 3.8) is 0 Å². The second-order valence-electron chi connectivity index (χ2n) is 10.5. The maximum atomic E-state index is 14.0. The molecule has 11 heteroatoms. The standard InChI is InChI=1S/C27H36N4O6S/c1-6-37-20-13-14-21-22(17-20)30(19-10-8-7-9-11-19)26(33)31(21)38(34,35)24-15-12-18(16-23(24)36-5)28-25(32)29-27(2,3)4/h12-17,19H,6-11H2,1-5H3,(H2,28,29,32). The maximum Gasteiger partial charge on any atom is 0.343 e. The number of aromatic nitrogens is 2. The van der Waals surface area contributed by atoms with Crippen molar-refractivity contribution in [3.05, 3.63) is 46.9 Å². The molecule has 38 heavy (non-hydrogen) atoms. The molecule has 0 radical (unpaired) electrons. The molecule has 2 aromatic carbocycles. The molecule has 2 amide bonds. The van der Waals surface area contributed by atoms with Gasteiger partial charge in [-0.25, -0.2) is 18.0 Å². The summed E-state index contributed by atoms with van der Waals surface area (Å²) in [6.45, 7) is 7.86. The summed E-state index contributed by atoms with van der Waals surface area (Å²) in [5.74, 6) is 0.579. The van der Waals surface area contributed by atoms with Crippen molar-refractivity contribution in [2.45, 2.75) is 76.3 Å². The van der Waals surface area contributed by atoms with Crippen LogP contribution in [0.5, 0.6) is 11.5 Å². The molecule has 1 fully saturated rings. The molecule has 0 bridgehead atoms. The number of carbonyl (C=O) groups is 1. The second-order valence-corrected chi connectivity index (χ2v) is 12.2. The van der Waals surface area contributed by atoms with Crippen LogP contribution in [-0.2, 0) is 10.0 Å². The molecule has 206 valence electrons. The highest BCUT2D eigenvalue weighted by molar-refractivity contribution is 7.90. The number of anilines is 1. The maximum absolute atomic E-state index is 14.0. The Labute approximate surface area is 223 Å². The lowest BCUT2D eigenvalue weighted by Crippen LogP contribution is -2.43. The summed E-state index contributed by atoms with van der Waals surface area (Å²) in [4.78, 5) is 26.0. The van der Waals surface area contributed by atoms with E-state index in [1.165, 1.54) is 25.3 Å². The van der Waals surface area contributed by atoms with Crippen molar-refractivity contribution >= 4 is 32.8 Å². The first-order valence-corrected chi connectivity index (χ1v) is 14.3. The Morgan fingerprint density at radius 1 is 1.05 bits per heavy atom. The molecule has 4 rings (SSSR count). The number of hydrogen-bond donors (Lipinski definition) is 2. The van der Waals surface area contributed by atoms with E-state index >= 15 is 0 Å². The van der Waals surface area contributed by atoms with Gasteiger partial charge in [0.2, 0.25) is 0 Å². The molecule has 1 aromatic heterocycles. The molecule has 1 aliphatic rings. The van der Waals surface area contributed by atoms with Crippen LogP contribution in [0.3, 0.4) is 0 Å². The molecule has 0 unspecified atom stereocenters. The van der Waals surface area contributed by atoms with Crippen molar-refractivity contribution in [3.8, 4) is 11.5 Å². The number of fused-ring (bicyclic) bond motifs is 1. The Morgan fingerprint density at radius 3 is 2.39 bits per heavy atom. The van der Waals surface area contributed by atoms with E-state index in [4.69, 9.17) is 9.47 Å². The van der Waals surface area contributed by atoms with Gasteiger partial charge in [-0.1, -0.05) is 19.3 Å². The Morgan fingerprint density at radius 2 is 1.76 bits per heavy atom. The molecular formula is C27H36N4O6S. The molecule has 0 spiro atoms. The minimum Gasteiger partial charge on any atom is -0.495 e. The largest absolute Gasteiger partial charge is 0.495 e. The van der Waals surface area contributed by atoms with E-state index < -0.39 is 27.3 Å². The predicted molar refractivity (Wildman–Crippen MR) is 147 cm³/mol. The summed E-state index contributed by atoms with van der Waals surface area (Å²) in [6.07, 6.45) is 4.66. The number of benzene rings is 2. The van der Waals surface area contributed by atoms with Crippen molar-refractivity contribution in [1.29, 1.82) is 0 Å². The molecule has 3 aromatic rings. The first-order chi connectivity index (χ1) is 18.0. The van der Waals surface area contributed by atoms with Crippen LogP contribution in [-0.4, -0.2) is 42.2 Å². The van der Waals surface area contributed by atoms with Crippen molar-refractivity contribution < 1.29 is 22.7 Å². The van der Waals surface area contributed by atoms with Crippen LogP contribution < -0.4 is 25.8 Å². The number of urea groups is 1. The molecule has 0 atom stereocenters. The Hall–Kier alpha value is -3.47. The molecule has 1 heterocycles. The van der Waals surface area contributed by atoms with Gasteiger partial charge in [0.05, 0.1) is 24.8 Å². The number of nitrogens with zero attached hydrogens (tertiary/aromatic N) is 2. The number of carbonyl (C=O) groups excluding carboxylic acids is 1. The van der Waals surface area contributed by atoms with Crippen LogP contribution in [0.1, 0.15) is 65.8 Å². The van der Waals surface area contributed by atoms with E-state index in [0.29, 0.717) is 23.6 Å². The minimum absolute atomic E-state index is 0.00922. The van der Waals surface area contributed by atoms with E-state index in [0.717, 1.165) is 36.1 Å². The average molecular weight is 545 g/mol. The van der Waals surface area contributed by atoms with Gasteiger partial charge in [0.15, 0.2) is 0 Å². The molecule has 1 aliphatic carbocycles. The van der Waals surface area contributed by atoms with Gasteiger partial charge in [0, 0.05) is 29.4 Å². The SMILES string of the molecule is CCOc1ccc2c(c1)n(C1CCCCC1)c(=O)n2S(=O)(=O)c1ccc(NC(=O)NC(C)(C)C)cc1OC. The molecule has 0 saturated heterocycles. The Balaban J connectivity index is 1.82. The molecule has 2 N–H and O–H groups in total. The summed E-state index contributed by atoms with van der Waals surface area (Å²) in [7, 11) is -3.02. The fourth-order valence-electron chi connectivity index (χ4n) is 4.91. The number of hydrogen-bond acceptors (Lipinski definition) is 6. The number of nitrogens with one attached hydrogen (secondary N) is 2. The van der Waals surface area contributed by atoms with Gasteiger partial charge in [-0.05, 0) is 64.8 Å². The first kappa shape index (κ1) is 27.6. The van der Waals surface area contributed by atoms with E-state index in [1.807, 2.05) is 27.7 Å². The third kappa shape index (κ3) is 5.52. The summed E-state index contributed by atoms with van der Waals surface area (Å²) in [5.41, 5.74) is 0.0771. The summed E-state index contributed by atoms with van der Waals surface area (Å²) in [6, 6.07) is 8.71. The zero-order chi connectivity index (χ0) is 27.7. The Kier molecular flexibility index (Phi) is 7.78. The highest BCUT2D eigenvalue weighted by Crippen LogP contribution is 2.34. The van der Waals surface area contributed by atoms with E-state index in [9.17, 15) is 18.0 Å². The minimum atomic E-state index is -4.37. The molecule has 10 nitrogen and oxygen atoms in total. The van der Waals surface area contributed by atoms with Crippen LogP contribution in [0.15, 0.2) is 46.1 Å². The van der Waals surface area contributed by atoms with E-state index in [1.54, 1.807) is 22.8 Å². The van der Waals surface area contributed by atoms with Crippen LogP contribution in [0.2, 0.25) is 0 Å². The summed E-state index contributed by atoms with van der Waals surface area (Å²) >= 11 is 0. The monoisotopic (exact) mass is 544 g/mol. The Bertz CT molecular complexity index is 1490. The van der Waals surface area contributed by atoms with Gasteiger partial charge in [0.1, 0.15) is 16.4 Å². The van der Waals surface area contributed by atoms with Crippen LogP contribution >= 0.6 is 0 Å². The van der Waals surface area contributed by atoms with E-state index in [2.05, 4.69) is 10.6 Å². The smallest absolute Gasteiger partial charge is 0.343 e. The zero-order valence-electron chi connectivity index (χ0n) is 22.5. The molecule has 0 aliphatic heterocycles. The fourth-order valence-corrected chi connectivity index (χ4v) is 6.45. The predicted octanol–water partition coefficient (Wildman–Crippen LogP) is 4.87. The van der Waals surface area contributed by atoms with Gasteiger partial charge >= 0.3 is 11.7 Å². The quantitative estimate of drug-likeness (QED) is 0.438. The number of imidazole rings is 1. The van der Waals surface area contributed by atoms with Gasteiger partial charge in [-0.2, -0.15) is 3.97 Å². The van der Waals surface area contributed by atoms with Crippen LogP contribution in [0.25, 0.3) is 11.0 Å². The average Bonchev–Trinajstić information content (AvgIpc) is 3.15. The number of methoxy groups -OCH3 is 1. The van der Waals surface area contributed by atoms with Gasteiger partial charge in [-0.3, -0.25) is 4.57 Å². The molecule has 1 saturated carbocycles.